The topological polar surface area (TPSA) is 61.4 Å². The van der Waals surface area contributed by atoms with Gasteiger partial charge < -0.3 is 15.5 Å². The molecular weight excluding hydrogens is 290 g/mol. The maximum absolute atomic E-state index is 12.4. The summed E-state index contributed by atoms with van der Waals surface area (Å²) in [4.78, 5) is 26.4. The summed E-state index contributed by atoms with van der Waals surface area (Å²) in [5, 5.41) is 5.83. The normalized spacial score (nSPS) is 17.4. The van der Waals surface area contributed by atoms with E-state index in [0.717, 1.165) is 30.5 Å². The van der Waals surface area contributed by atoms with Crippen molar-refractivity contribution in [3.8, 4) is 0 Å². The monoisotopic (exact) mass is 317 g/mol. The third-order valence-corrected chi connectivity index (χ3v) is 4.14. The molecule has 3 amide bonds. The van der Waals surface area contributed by atoms with Crippen LogP contribution in [0, 0.1) is 12.8 Å². The van der Waals surface area contributed by atoms with Crippen LogP contribution >= 0.6 is 0 Å². The highest BCUT2D eigenvalue weighted by Gasteiger charge is 2.33. The second-order valence-corrected chi connectivity index (χ2v) is 6.62. The molecule has 1 atom stereocenters. The van der Waals surface area contributed by atoms with E-state index in [9.17, 15) is 9.59 Å². The van der Waals surface area contributed by atoms with Crippen molar-refractivity contribution in [2.75, 3.05) is 18.4 Å². The van der Waals surface area contributed by atoms with Crippen molar-refractivity contribution in [2.24, 2.45) is 5.92 Å². The van der Waals surface area contributed by atoms with E-state index in [4.69, 9.17) is 0 Å². The first kappa shape index (κ1) is 17.3. The highest BCUT2D eigenvalue weighted by atomic mass is 16.2. The fourth-order valence-electron chi connectivity index (χ4n) is 2.72. The number of amides is 3. The van der Waals surface area contributed by atoms with Crippen LogP contribution in [0.2, 0.25) is 0 Å². The van der Waals surface area contributed by atoms with E-state index < -0.39 is 0 Å². The number of nitrogens with zero attached hydrogens (tertiary/aromatic N) is 1. The van der Waals surface area contributed by atoms with E-state index in [-0.39, 0.29) is 18.0 Å². The van der Waals surface area contributed by atoms with Gasteiger partial charge in [-0.3, -0.25) is 4.79 Å². The van der Waals surface area contributed by atoms with Crippen molar-refractivity contribution in [3.05, 3.63) is 29.8 Å². The maximum atomic E-state index is 12.4. The lowest BCUT2D eigenvalue weighted by Gasteiger charge is -2.24. The molecule has 1 aliphatic rings. The Morgan fingerprint density at radius 2 is 1.96 bits per heavy atom. The van der Waals surface area contributed by atoms with Crippen LogP contribution in [-0.4, -0.2) is 36.0 Å². The van der Waals surface area contributed by atoms with E-state index in [1.807, 2.05) is 31.2 Å². The van der Waals surface area contributed by atoms with Gasteiger partial charge in [0.25, 0.3) is 0 Å². The molecule has 1 fully saturated rings. The number of urea groups is 1. The average Bonchev–Trinajstić information content (AvgIpc) is 2.99. The van der Waals surface area contributed by atoms with Gasteiger partial charge in [0.2, 0.25) is 5.91 Å². The fourth-order valence-corrected chi connectivity index (χ4v) is 2.72. The third kappa shape index (κ3) is 4.98. The zero-order valence-corrected chi connectivity index (χ0v) is 14.3. The molecule has 5 heteroatoms. The molecule has 0 bridgehead atoms. The molecule has 0 spiro atoms. The average molecular weight is 317 g/mol. The van der Waals surface area contributed by atoms with Gasteiger partial charge >= 0.3 is 6.03 Å². The maximum Gasteiger partial charge on any atom is 0.322 e. The van der Waals surface area contributed by atoms with Crippen molar-refractivity contribution < 1.29 is 9.59 Å². The molecule has 1 aliphatic heterocycles. The van der Waals surface area contributed by atoms with E-state index in [0.29, 0.717) is 19.0 Å². The number of benzene rings is 1. The highest BCUT2D eigenvalue weighted by Crippen LogP contribution is 2.19. The van der Waals surface area contributed by atoms with Crippen LogP contribution < -0.4 is 10.6 Å². The Morgan fingerprint density at radius 1 is 1.26 bits per heavy atom. The van der Waals surface area contributed by atoms with Crippen molar-refractivity contribution in [3.63, 3.8) is 0 Å². The summed E-state index contributed by atoms with van der Waals surface area (Å²) in [6.45, 7) is 7.55. The quantitative estimate of drug-likeness (QED) is 0.876. The zero-order chi connectivity index (χ0) is 16.8. The number of rotatable bonds is 5. The predicted octanol–water partition coefficient (Wildman–Crippen LogP) is 3.15. The van der Waals surface area contributed by atoms with Crippen molar-refractivity contribution in [1.82, 2.24) is 10.2 Å². The minimum atomic E-state index is -0.354. The standard InChI is InChI=1S/C18H27N3O2/c1-13(2)10-11-19-17(22)16-5-4-12-21(16)18(23)20-15-8-6-14(3)7-9-15/h6-9,13,16H,4-5,10-12H2,1-3H3,(H,19,22)(H,20,23)/t16-/m0/s1. The summed E-state index contributed by atoms with van der Waals surface area (Å²) < 4.78 is 0. The van der Waals surface area contributed by atoms with Crippen LogP contribution in [0.3, 0.4) is 0 Å². The lowest BCUT2D eigenvalue weighted by atomic mass is 10.1. The molecule has 1 aromatic carbocycles. The molecular formula is C18H27N3O2. The van der Waals surface area contributed by atoms with Crippen molar-refractivity contribution >= 4 is 17.6 Å². The van der Waals surface area contributed by atoms with Crippen LogP contribution in [0.1, 0.15) is 38.7 Å². The number of aryl methyl sites for hydroxylation is 1. The molecule has 0 unspecified atom stereocenters. The minimum absolute atomic E-state index is 0.0396. The Balaban J connectivity index is 1.90. The molecule has 5 nitrogen and oxygen atoms in total. The molecule has 0 aromatic heterocycles. The second kappa shape index (κ2) is 7.99. The smallest absolute Gasteiger partial charge is 0.322 e. The van der Waals surface area contributed by atoms with E-state index >= 15 is 0 Å². The molecule has 23 heavy (non-hydrogen) atoms. The Labute approximate surface area is 138 Å². The Kier molecular flexibility index (Phi) is 6.02. The summed E-state index contributed by atoms with van der Waals surface area (Å²) in [6.07, 6.45) is 2.55. The van der Waals surface area contributed by atoms with Crippen LogP contribution in [0.25, 0.3) is 0 Å². The van der Waals surface area contributed by atoms with Crippen molar-refractivity contribution in [1.29, 1.82) is 0 Å². The summed E-state index contributed by atoms with van der Waals surface area (Å²) in [5.41, 5.74) is 1.90. The molecule has 1 aromatic rings. The van der Waals surface area contributed by atoms with Gasteiger partial charge in [0.1, 0.15) is 6.04 Å². The summed E-state index contributed by atoms with van der Waals surface area (Å²) in [6, 6.07) is 7.11. The number of likely N-dealkylation sites (tertiary alicyclic amines) is 1. The first-order chi connectivity index (χ1) is 11.0. The summed E-state index contributed by atoms with van der Waals surface area (Å²) in [5.74, 6) is 0.516. The third-order valence-electron chi connectivity index (χ3n) is 4.14. The number of carbonyl (C=O) groups is 2. The SMILES string of the molecule is Cc1ccc(NC(=O)N2CCC[C@H]2C(=O)NCCC(C)C)cc1. The molecule has 0 radical (unpaired) electrons. The van der Waals surface area contributed by atoms with Gasteiger partial charge in [0, 0.05) is 18.8 Å². The van der Waals surface area contributed by atoms with Gasteiger partial charge in [-0.05, 0) is 44.2 Å². The van der Waals surface area contributed by atoms with Gasteiger partial charge in [-0.25, -0.2) is 4.79 Å². The molecule has 1 heterocycles. The second-order valence-electron chi connectivity index (χ2n) is 6.62. The van der Waals surface area contributed by atoms with Crippen LogP contribution in [0.4, 0.5) is 10.5 Å². The first-order valence-electron chi connectivity index (χ1n) is 8.39. The lowest BCUT2D eigenvalue weighted by Crippen LogP contribution is -2.47. The van der Waals surface area contributed by atoms with Crippen LogP contribution in [0.15, 0.2) is 24.3 Å². The van der Waals surface area contributed by atoms with Gasteiger partial charge in [-0.15, -0.1) is 0 Å². The van der Waals surface area contributed by atoms with E-state index in [2.05, 4.69) is 24.5 Å². The van der Waals surface area contributed by atoms with Gasteiger partial charge in [0.15, 0.2) is 0 Å². The molecule has 2 N–H and O–H groups in total. The number of hydrogen-bond donors (Lipinski definition) is 2. The van der Waals surface area contributed by atoms with Gasteiger partial charge in [-0.2, -0.15) is 0 Å². The van der Waals surface area contributed by atoms with Gasteiger partial charge in [-0.1, -0.05) is 31.5 Å². The van der Waals surface area contributed by atoms with Crippen molar-refractivity contribution in [2.45, 2.75) is 46.1 Å². The van der Waals surface area contributed by atoms with Crippen LogP contribution in [0.5, 0.6) is 0 Å². The number of anilines is 1. The molecule has 126 valence electrons. The Bertz CT molecular complexity index is 540. The fraction of sp³-hybridized carbons (Fsp3) is 0.556. The Hall–Kier alpha value is -2.04. The first-order valence-corrected chi connectivity index (χ1v) is 8.39. The van der Waals surface area contributed by atoms with Crippen LogP contribution in [-0.2, 0) is 4.79 Å². The number of carbonyl (C=O) groups excluding carboxylic acids is 2. The minimum Gasteiger partial charge on any atom is -0.354 e. The predicted molar refractivity (Wildman–Crippen MR) is 92.4 cm³/mol. The van der Waals surface area contributed by atoms with E-state index in [1.165, 1.54) is 0 Å². The molecule has 2 rings (SSSR count). The van der Waals surface area contributed by atoms with Gasteiger partial charge in [0.05, 0.1) is 0 Å². The molecule has 0 saturated carbocycles. The number of nitrogens with one attached hydrogen (secondary N) is 2. The highest BCUT2D eigenvalue weighted by molar-refractivity contribution is 5.94. The number of hydrogen-bond acceptors (Lipinski definition) is 2. The van der Waals surface area contributed by atoms with E-state index in [1.54, 1.807) is 4.90 Å². The largest absolute Gasteiger partial charge is 0.354 e. The summed E-state index contributed by atoms with van der Waals surface area (Å²) >= 11 is 0. The molecule has 1 saturated heterocycles. The Morgan fingerprint density at radius 3 is 2.61 bits per heavy atom. The zero-order valence-electron chi connectivity index (χ0n) is 14.3. The lowest BCUT2D eigenvalue weighted by molar-refractivity contribution is -0.124. The summed E-state index contributed by atoms with van der Waals surface area (Å²) in [7, 11) is 0. The molecule has 0 aliphatic carbocycles.